The maximum atomic E-state index is 13.2. The SMILES string of the molecule is CCn1ncc2c(NC(C)C3CCCCC3)c(C(=O)NCCc3ccc(OC)cc3)cnc21. The van der Waals surface area contributed by atoms with Crippen molar-refractivity contribution in [2.75, 3.05) is 19.0 Å². The van der Waals surface area contributed by atoms with E-state index in [0.717, 1.165) is 41.0 Å². The molecule has 1 aliphatic carbocycles. The zero-order valence-electron chi connectivity index (χ0n) is 19.9. The number of rotatable bonds is 9. The fourth-order valence-corrected chi connectivity index (χ4v) is 4.77. The topological polar surface area (TPSA) is 81.1 Å². The normalized spacial score (nSPS) is 15.4. The van der Waals surface area contributed by atoms with Gasteiger partial charge in [-0.15, -0.1) is 0 Å². The summed E-state index contributed by atoms with van der Waals surface area (Å²) in [4.78, 5) is 17.8. The van der Waals surface area contributed by atoms with Gasteiger partial charge >= 0.3 is 0 Å². The Hall–Kier alpha value is -3.09. The molecule has 3 aromatic rings. The number of anilines is 1. The fourth-order valence-electron chi connectivity index (χ4n) is 4.77. The van der Waals surface area contributed by atoms with Gasteiger partial charge in [0.1, 0.15) is 5.75 Å². The number of hydrogen-bond donors (Lipinski definition) is 2. The van der Waals surface area contributed by atoms with Crippen LogP contribution in [0.25, 0.3) is 11.0 Å². The molecule has 2 heterocycles. The summed E-state index contributed by atoms with van der Waals surface area (Å²) in [6.45, 7) is 5.57. The largest absolute Gasteiger partial charge is 0.497 e. The summed E-state index contributed by atoms with van der Waals surface area (Å²) in [5, 5.41) is 12.2. The van der Waals surface area contributed by atoms with Gasteiger partial charge in [0.15, 0.2) is 5.65 Å². The minimum Gasteiger partial charge on any atom is -0.497 e. The predicted octanol–water partition coefficient (Wildman–Crippen LogP) is 4.81. The first-order valence-corrected chi connectivity index (χ1v) is 12.1. The molecular weight excluding hydrogens is 414 g/mol. The van der Waals surface area contributed by atoms with Gasteiger partial charge in [0.25, 0.3) is 5.91 Å². The smallest absolute Gasteiger partial charge is 0.254 e. The first kappa shape index (κ1) is 23.1. The summed E-state index contributed by atoms with van der Waals surface area (Å²) >= 11 is 0. The number of amides is 1. The van der Waals surface area contributed by atoms with Crippen molar-refractivity contribution in [2.45, 2.75) is 65.0 Å². The molecule has 1 atom stereocenters. The van der Waals surface area contributed by atoms with Crippen molar-refractivity contribution in [3.8, 4) is 5.75 Å². The number of pyridine rings is 1. The van der Waals surface area contributed by atoms with Crippen LogP contribution in [0, 0.1) is 5.92 Å². The van der Waals surface area contributed by atoms with E-state index in [2.05, 4.69) is 27.6 Å². The van der Waals surface area contributed by atoms with Crippen LogP contribution in [0.5, 0.6) is 5.75 Å². The summed E-state index contributed by atoms with van der Waals surface area (Å²) in [7, 11) is 1.66. The monoisotopic (exact) mass is 449 g/mol. The average molecular weight is 450 g/mol. The number of aromatic nitrogens is 3. The molecule has 1 saturated carbocycles. The number of hydrogen-bond acceptors (Lipinski definition) is 5. The first-order chi connectivity index (χ1) is 16.1. The molecule has 1 amide bonds. The van der Waals surface area contributed by atoms with Gasteiger partial charge in [-0.3, -0.25) is 4.79 Å². The number of fused-ring (bicyclic) bond motifs is 1. The maximum Gasteiger partial charge on any atom is 0.254 e. The van der Waals surface area contributed by atoms with Crippen LogP contribution >= 0.6 is 0 Å². The number of aryl methyl sites for hydroxylation is 1. The molecule has 2 N–H and O–H groups in total. The Balaban J connectivity index is 1.52. The van der Waals surface area contributed by atoms with Gasteiger partial charge in [-0.2, -0.15) is 5.10 Å². The highest BCUT2D eigenvalue weighted by Gasteiger charge is 2.24. The molecule has 176 valence electrons. The van der Waals surface area contributed by atoms with Crippen molar-refractivity contribution >= 4 is 22.6 Å². The molecule has 1 aliphatic rings. The molecule has 0 radical (unpaired) electrons. The second-order valence-corrected chi connectivity index (χ2v) is 8.93. The molecule has 7 nitrogen and oxygen atoms in total. The molecule has 1 aromatic carbocycles. The molecule has 2 aromatic heterocycles. The van der Waals surface area contributed by atoms with Crippen LogP contribution in [0.1, 0.15) is 61.9 Å². The summed E-state index contributed by atoms with van der Waals surface area (Å²) in [5.41, 5.74) is 3.39. The van der Waals surface area contributed by atoms with Gasteiger partial charge in [-0.1, -0.05) is 31.4 Å². The Morgan fingerprint density at radius 1 is 1.18 bits per heavy atom. The summed E-state index contributed by atoms with van der Waals surface area (Å²) in [6.07, 6.45) is 10.6. The fraction of sp³-hybridized carbons (Fsp3) is 0.500. The van der Waals surface area contributed by atoms with Crippen LogP contribution in [0.2, 0.25) is 0 Å². The highest BCUT2D eigenvalue weighted by Crippen LogP contribution is 2.32. The lowest BCUT2D eigenvalue weighted by molar-refractivity contribution is 0.0954. The molecular formula is C26H35N5O2. The Kier molecular flexibility index (Phi) is 7.47. The number of nitrogens with one attached hydrogen (secondary N) is 2. The van der Waals surface area contributed by atoms with Crippen molar-refractivity contribution in [3.05, 3.63) is 47.8 Å². The van der Waals surface area contributed by atoms with E-state index in [-0.39, 0.29) is 11.9 Å². The van der Waals surface area contributed by atoms with E-state index in [1.165, 1.54) is 32.1 Å². The highest BCUT2D eigenvalue weighted by molar-refractivity contribution is 6.06. The van der Waals surface area contributed by atoms with Gasteiger partial charge in [0, 0.05) is 25.3 Å². The maximum absolute atomic E-state index is 13.2. The second-order valence-electron chi connectivity index (χ2n) is 8.93. The number of ether oxygens (including phenoxy) is 1. The summed E-state index contributed by atoms with van der Waals surface area (Å²) in [6, 6.07) is 8.21. The van der Waals surface area contributed by atoms with Crippen LogP contribution in [-0.2, 0) is 13.0 Å². The van der Waals surface area contributed by atoms with Crippen LogP contribution in [0.4, 0.5) is 5.69 Å². The molecule has 1 fully saturated rings. The Labute approximate surface area is 195 Å². The molecule has 0 saturated heterocycles. The van der Waals surface area contributed by atoms with Crippen molar-refractivity contribution in [2.24, 2.45) is 5.92 Å². The third-order valence-corrected chi connectivity index (χ3v) is 6.80. The Morgan fingerprint density at radius 3 is 2.64 bits per heavy atom. The standard InChI is InChI=1S/C26H35N5O2/c1-4-31-25-22(17-29-31)24(30-18(2)20-8-6-5-7-9-20)23(16-28-25)26(32)27-15-14-19-10-12-21(33-3)13-11-19/h10-13,16-18,20H,4-9,14-15H2,1-3H3,(H,27,32)(H,28,30). The van der Waals surface area contributed by atoms with Crippen molar-refractivity contribution < 1.29 is 9.53 Å². The molecule has 33 heavy (non-hydrogen) atoms. The number of nitrogens with zero attached hydrogens (tertiary/aromatic N) is 3. The number of carbonyl (C=O) groups is 1. The molecule has 7 heteroatoms. The molecule has 4 rings (SSSR count). The Bertz CT molecular complexity index is 1070. The van der Waals surface area contributed by atoms with Crippen LogP contribution in [0.3, 0.4) is 0 Å². The predicted molar refractivity (Wildman–Crippen MR) is 132 cm³/mol. The zero-order valence-corrected chi connectivity index (χ0v) is 19.9. The molecule has 1 unspecified atom stereocenters. The van der Waals surface area contributed by atoms with Gasteiger partial charge in [0.2, 0.25) is 0 Å². The van der Waals surface area contributed by atoms with E-state index in [1.807, 2.05) is 42.1 Å². The van der Waals surface area contributed by atoms with Crippen molar-refractivity contribution in [1.82, 2.24) is 20.1 Å². The zero-order chi connectivity index (χ0) is 23.2. The number of benzene rings is 1. The van der Waals surface area contributed by atoms with Crippen molar-refractivity contribution in [3.63, 3.8) is 0 Å². The van der Waals surface area contributed by atoms with E-state index in [4.69, 9.17) is 4.74 Å². The van der Waals surface area contributed by atoms with Crippen LogP contribution < -0.4 is 15.4 Å². The van der Waals surface area contributed by atoms with Crippen molar-refractivity contribution in [1.29, 1.82) is 0 Å². The van der Waals surface area contributed by atoms with E-state index in [9.17, 15) is 4.79 Å². The molecule has 0 spiro atoms. The minimum absolute atomic E-state index is 0.111. The van der Waals surface area contributed by atoms with Gasteiger partial charge in [0.05, 0.1) is 29.9 Å². The lowest BCUT2D eigenvalue weighted by Gasteiger charge is -2.29. The van der Waals surface area contributed by atoms with E-state index >= 15 is 0 Å². The van der Waals surface area contributed by atoms with E-state index < -0.39 is 0 Å². The van der Waals surface area contributed by atoms with Gasteiger partial charge in [-0.25, -0.2) is 9.67 Å². The average Bonchev–Trinajstić information content (AvgIpc) is 3.28. The quantitative estimate of drug-likeness (QED) is 0.490. The molecule has 0 aliphatic heterocycles. The summed E-state index contributed by atoms with van der Waals surface area (Å²) < 4.78 is 7.08. The Morgan fingerprint density at radius 2 is 1.94 bits per heavy atom. The van der Waals surface area contributed by atoms with E-state index in [1.54, 1.807) is 13.3 Å². The third-order valence-electron chi connectivity index (χ3n) is 6.80. The lowest BCUT2D eigenvalue weighted by Crippen LogP contribution is -2.31. The van der Waals surface area contributed by atoms with Crippen LogP contribution in [-0.4, -0.2) is 40.4 Å². The lowest BCUT2D eigenvalue weighted by atomic mass is 9.84. The molecule has 0 bridgehead atoms. The first-order valence-electron chi connectivity index (χ1n) is 12.1. The third kappa shape index (κ3) is 5.29. The summed E-state index contributed by atoms with van der Waals surface area (Å²) in [5.74, 6) is 1.34. The number of carbonyl (C=O) groups excluding carboxylic acids is 1. The van der Waals surface area contributed by atoms with E-state index in [0.29, 0.717) is 18.0 Å². The van der Waals surface area contributed by atoms with Gasteiger partial charge < -0.3 is 15.4 Å². The van der Waals surface area contributed by atoms with Crippen LogP contribution in [0.15, 0.2) is 36.7 Å². The minimum atomic E-state index is -0.111. The number of methoxy groups -OCH3 is 1. The highest BCUT2D eigenvalue weighted by atomic mass is 16.5. The van der Waals surface area contributed by atoms with Gasteiger partial charge in [-0.05, 0) is 56.7 Å². The second kappa shape index (κ2) is 10.7.